The molecule has 0 aromatic heterocycles. The van der Waals surface area contributed by atoms with E-state index in [0.29, 0.717) is 19.0 Å². The van der Waals surface area contributed by atoms with E-state index in [4.69, 9.17) is 0 Å². The maximum Gasteiger partial charge on any atom is 0.243 e. The second kappa shape index (κ2) is 8.89. The highest BCUT2D eigenvalue weighted by molar-refractivity contribution is 7.96. The van der Waals surface area contributed by atoms with Gasteiger partial charge in [0.1, 0.15) is 0 Å². The third-order valence-electron chi connectivity index (χ3n) is 6.34. The molecule has 10 heteroatoms. The summed E-state index contributed by atoms with van der Waals surface area (Å²) < 4.78 is 77.1. The number of rotatable bonds is 6. The first-order valence-electron chi connectivity index (χ1n) is 10.7. The fourth-order valence-corrected chi connectivity index (χ4v) is 10.5. The monoisotopic (exact) mass is 497 g/mol. The molecule has 1 atom stereocenters. The highest BCUT2D eigenvalue weighted by Crippen LogP contribution is 2.30. The van der Waals surface area contributed by atoms with Crippen molar-refractivity contribution in [2.45, 2.75) is 40.7 Å². The first-order valence-corrected chi connectivity index (χ1v) is 15.5. The van der Waals surface area contributed by atoms with Crippen molar-refractivity contribution in [3.05, 3.63) is 60.2 Å². The van der Waals surface area contributed by atoms with Gasteiger partial charge in [-0.1, -0.05) is 36.4 Å². The van der Waals surface area contributed by atoms with Gasteiger partial charge < -0.3 is 0 Å². The fraction of sp³-hybridized carbons (Fsp3) is 0.455. The lowest BCUT2D eigenvalue weighted by molar-refractivity contribution is 0.273. The summed E-state index contributed by atoms with van der Waals surface area (Å²) in [6, 6.07) is 15.4. The van der Waals surface area contributed by atoms with Crippen LogP contribution in [0.1, 0.15) is 24.8 Å². The number of sulfone groups is 2. The molecule has 2 aliphatic heterocycles. The van der Waals surface area contributed by atoms with Gasteiger partial charge in [0.15, 0.2) is 19.7 Å². The molecule has 2 fully saturated rings. The normalized spacial score (nSPS) is 22.7. The van der Waals surface area contributed by atoms with Crippen molar-refractivity contribution in [3.8, 4) is 0 Å². The van der Waals surface area contributed by atoms with Crippen molar-refractivity contribution in [1.29, 1.82) is 0 Å². The summed E-state index contributed by atoms with van der Waals surface area (Å²) in [6.45, 7) is 0.773. The van der Waals surface area contributed by atoms with Crippen molar-refractivity contribution in [1.82, 2.24) is 4.31 Å². The zero-order chi connectivity index (χ0) is 23.0. The molecule has 0 saturated carbocycles. The van der Waals surface area contributed by atoms with E-state index in [9.17, 15) is 25.3 Å². The van der Waals surface area contributed by atoms with E-state index in [-0.39, 0.29) is 22.0 Å². The second-order valence-corrected chi connectivity index (χ2v) is 15.0. The molecule has 0 aliphatic carbocycles. The first kappa shape index (κ1) is 23.4. The maximum atomic E-state index is 13.2. The summed E-state index contributed by atoms with van der Waals surface area (Å²) in [5.74, 6) is -0.173. The van der Waals surface area contributed by atoms with Crippen LogP contribution < -0.4 is 0 Å². The summed E-state index contributed by atoms with van der Waals surface area (Å²) in [5, 5.41) is -1.03. The lowest BCUT2D eigenvalue weighted by atomic mass is 9.91. The van der Waals surface area contributed by atoms with E-state index < -0.39 is 40.7 Å². The summed E-state index contributed by atoms with van der Waals surface area (Å²) in [4.78, 5) is -0.208. The third-order valence-corrected chi connectivity index (χ3v) is 12.4. The SMILES string of the molecule is O=S1(=O)CC[C@H](S(=O)(=O)c2cccc(S(=O)(=O)N3CCC(Cc4ccccc4)CC3)c2)C1. The molecule has 0 unspecified atom stereocenters. The predicted octanol–water partition coefficient (Wildman–Crippen LogP) is 2.29. The van der Waals surface area contributed by atoms with E-state index in [1.165, 1.54) is 34.1 Å². The lowest BCUT2D eigenvalue weighted by Crippen LogP contribution is -2.39. The molecular weight excluding hydrogens is 470 g/mol. The lowest BCUT2D eigenvalue weighted by Gasteiger charge is -2.31. The number of sulfonamides is 1. The van der Waals surface area contributed by atoms with Gasteiger partial charge in [0.05, 0.1) is 26.5 Å². The third kappa shape index (κ3) is 4.93. The molecule has 174 valence electrons. The minimum atomic E-state index is -3.93. The first-order chi connectivity index (χ1) is 15.1. The molecule has 0 radical (unpaired) electrons. The Hall–Kier alpha value is -1.75. The molecule has 2 saturated heterocycles. The fourth-order valence-electron chi connectivity index (χ4n) is 4.46. The zero-order valence-corrected chi connectivity index (χ0v) is 20.1. The molecular formula is C22H27NO6S3. The van der Waals surface area contributed by atoms with Crippen molar-refractivity contribution in [2.75, 3.05) is 24.6 Å². The number of hydrogen-bond donors (Lipinski definition) is 0. The molecule has 0 amide bonds. The second-order valence-electron chi connectivity index (χ2n) is 8.58. The van der Waals surface area contributed by atoms with Gasteiger partial charge in [0.25, 0.3) is 0 Å². The molecule has 0 N–H and O–H groups in total. The molecule has 2 heterocycles. The maximum absolute atomic E-state index is 13.2. The Bertz CT molecular complexity index is 1280. The van der Waals surface area contributed by atoms with E-state index in [1.807, 2.05) is 18.2 Å². The minimum Gasteiger partial charge on any atom is -0.229 e. The standard InChI is InChI=1S/C22H27NO6S3/c24-30(25)14-11-22(17-30)31(26,27)20-7-4-8-21(16-20)32(28,29)23-12-9-19(10-13-23)15-18-5-2-1-3-6-18/h1-8,16,19,22H,9-15,17H2/t22-/m0/s1. The van der Waals surface area contributed by atoms with E-state index in [1.54, 1.807) is 0 Å². The largest absolute Gasteiger partial charge is 0.243 e. The van der Waals surface area contributed by atoms with Gasteiger partial charge in [-0.15, -0.1) is 0 Å². The van der Waals surface area contributed by atoms with Crippen LogP contribution in [0.3, 0.4) is 0 Å². The molecule has 0 bridgehead atoms. The van der Waals surface area contributed by atoms with Crippen LogP contribution in [-0.2, 0) is 36.1 Å². The Kier molecular flexibility index (Phi) is 6.50. The van der Waals surface area contributed by atoms with Gasteiger partial charge in [-0.2, -0.15) is 4.31 Å². The highest BCUT2D eigenvalue weighted by atomic mass is 32.2. The van der Waals surface area contributed by atoms with Crippen LogP contribution in [0.2, 0.25) is 0 Å². The number of piperidine rings is 1. The van der Waals surface area contributed by atoms with Crippen LogP contribution >= 0.6 is 0 Å². The Morgan fingerprint density at radius 3 is 2.12 bits per heavy atom. The Balaban J connectivity index is 1.48. The summed E-state index contributed by atoms with van der Waals surface area (Å²) in [7, 11) is -11.1. The summed E-state index contributed by atoms with van der Waals surface area (Å²) in [5.41, 5.74) is 1.24. The van der Waals surface area contributed by atoms with Gasteiger partial charge in [-0.3, -0.25) is 0 Å². The van der Waals surface area contributed by atoms with Crippen LogP contribution in [0.4, 0.5) is 0 Å². The van der Waals surface area contributed by atoms with Crippen LogP contribution in [0.15, 0.2) is 64.4 Å². The minimum absolute atomic E-state index is 0.0383. The molecule has 2 aromatic carbocycles. The van der Waals surface area contributed by atoms with E-state index in [0.717, 1.165) is 19.3 Å². The van der Waals surface area contributed by atoms with Crippen LogP contribution in [0.5, 0.6) is 0 Å². The molecule has 0 spiro atoms. The van der Waals surface area contributed by atoms with Crippen LogP contribution in [0, 0.1) is 5.92 Å². The predicted molar refractivity (Wildman–Crippen MR) is 122 cm³/mol. The Labute approximate surface area is 190 Å². The number of nitrogens with zero attached hydrogens (tertiary/aromatic N) is 1. The Morgan fingerprint density at radius 1 is 0.844 bits per heavy atom. The quantitative estimate of drug-likeness (QED) is 0.606. The highest BCUT2D eigenvalue weighted by Gasteiger charge is 2.38. The number of hydrogen-bond acceptors (Lipinski definition) is 6. The smallest absolute Gasteiger partial charge is 0.229 e. The van der Waals surface area contributed by atoms with Gasteiger partial charge in [-0.25, -0.2) is 25.3 Å². The molecule has 32 heavy (non-hydrogen) atoms. The summed E-state index contributed by atoms with van der Waals surface area (Å²) >= 11 is 0. The average molecular weight is 498 g/mol. The van der Waals surface area contributed by atoms with Gasteiger partial charge >= 0.3 is 0 Å². The average Bonchev–Trinajstić information content (AvgIpc) is 3.15. The zero-order valence-electron chi connectivity index (χ0n) is 17.6. The summed E-state index contributed by atoms with van der Waals surface area (Å²) in [6.07, 6.45) is 2.43. The van der Waals surface area contributed by atoms with Gasteiger partial charge in [0, 0.05) is 13.1 Å². The van der Waals surface area contributed by atoms with Crippen molar-refractivity contribution in [3.63, 3.8) is 0 Å². The van der Waals surface area contributed by atoms with Crippen LogP contribution in [0.25, 0.3) is 0 Å². The van der Waals surface area contributed by atoms with Gasteiger partial charge in [0.2, 0.25) is 10.0 Å². The van der Waals surface area contributed by atoms with Gasteiger partial charge in [-0.05, 0) is 55.4 Å². The Morgan fingerprint density at radius 2 is 1.50 bits per heavy atom. The molecule has 2 aliphatic rings. The van der Waals surface area contributed by atoms with Crippen molar-refractivity contribution < 1.29 is 25.3 Å². The molecule has 2 aromatic rings. The van der Waals surface area contributed by atoms with Crippen molar-refractivity contribution in [2.24, 2.45) is 5.92 Å². The van der Waals surface area contributed by atoms with E-state index in [2.05, 4.69) is 12.1 Å². The van der Waals surface area contributed by atoms with Crippen molar-refractivity contribution >= 4 is 29.7 Å². The number of benzene rings is 2. The van der Waals surface area contributed by atoms with E-state index >= 15 is 0 Å². The molecule has 4 rings (SSSR count). The topological polar surface area (TPSA) is 106 Å². The molecule has 7 nitrogen and oxygen atoms in total. The van der Waals surface area contributed by atoms with Crippen LogP contribution in [-0.4, -0.2) is 59.4 Å².